The Hall–Kier alpha value is -3.31. The number of alkyl halides is 3. The molecule has 2 aromatic carbocycles. The summed E-state index contributed by atoms with van der Waals surface area (Å²) < 4.78 is 79.4. The van der Waals surface area contributed by atoms with Crippen LogP contribution in [0.2, 0.25) is 0 Å². The summed E-state index contributed by atoms with van der Waals surface area (Å²) in [6.07, 6.45) is -3.67. The predicted molar refractivity (Wildman–Crippen MR) is 137 cm³/mol. The molecule has 0 fully saturated rings. The van der Waals surface area contributed by atoms with Crippen LogP contribution in [-0.2, 0) is 34.1 Å². The lowest BCUT2D eigenvalue weighted by molar-refractivity contribution is -0.141. The standard InChI is InChI=1S/C27H29F4N3O3S/c1-16(2)18-6-5-7-20(12-18)25-22(10-11-24(34-25)27(29,30)31)14-32-26(35)17(3)19-8-9-21(23(28)13-19)15-33-38(4,36)37/h5-13,16-17,33H,14-15H2,1-4H3,(H,32,35). The van der Waals surface area contributed by atoms with E-state index in [-0.39, 0.29) is 30.3 Å². The van der Waals surface area contributed by atoms with Crippen molar-refractivity contribution in [1.29, 1.82) is 0 Å². The highest BCUT2D eigenvalue weighted by molar-refractivity contribution is 7.88. The zero-order chi connectivity index (χ0) is 28.3. The molecule has 3 rings (SSSR count). The number of carbonyl (C=O) groups is 1. The van der Waals surface area contributed by atoms with Crippen LogP contribution in [0.15, 0.2) is 54.6 Å². The van der Waals surface area contributed by atoms with Crippen LogP contribution in [0.5, 0.6) is 0 Å². The Bertz CT molecular complexity index is 1420. The van der Waals surface area contributed by atoms with Gasteiger partial charge in [0.2, 0.25) is 15.9 Å². The summed E-state index contributed by atoms with van der Waals surface area (Å²) in [4.78, 5) is 16.7. The first-order valence-corrected chi connectivity index (χ1v) is 13.7. The van der Waals surface area contributed by atoms with Crippen LogP contribution in [0, 0.1) is 5.82 Å². The second-order valence-corrected chi connectivity index (χ2v) is 11.2. The molecule has 0 saturated heterocycles. The molecule has 0 radical (unpaired) electrons. The number of nitrogens with one attached hydrogen (secondary N) is 2. The molecule has 1 heterocycles. The Morgan fingerprint density at radius 2 is 1.63 bits per heavy atom. The third kappa shape index (κ3) is 7.61. The number of pyridine rings is 1. The highest BCUT2D eigenvalue weighted by atomic mass is 32.2. The summed E-state index contributed by atoms with van der Waals surface area (Å²) >= 11 is 0. The van der Waals surface area contributed by atoms with Gasteiger partial charge in [-0.05, 0) is 47.7 Å². The van der Waals surface area contributed by atoms with Gasteiger partial charge < -0.3 is 5.32 Å². The highest BCUT2D eigenvalue weighted by Crippen LogP contribution is 2.32. The molecular weight excluding hydrogens is 522 g/mol. The molecular formula is C27H29F4N3O3S. The van der Waals surface area contributed by atoms with Gasteiger partial charge in [-0.1, -0.05) is 50.2 Å². The number of hydrogen-bond acceptors (Lipinski definition) is 4. The van der Waals surface area contributed by atoms with Crippen molar-refractivity contribution >= 4 is 15.9 Å². The number of rotatable bonds is 9. The minimum Gasteiger partial charge on any atom is -0.351 e. The molecule has 1 aromatic heterocycles. The second kappa shape index (κ2) is 11.6. The molecule has 11 heteroatoms. The molecule has 204 valence electrons. The monoisotopic (exact) mass is 551 g/mol. The lowest BCUT2D eigenvalue weighted by Gasteiger charge is -2.17. The Kier molecular flexibility index (Phi) is 8.94. The third-order valence-corrected chi connectivity index (χ3v) is 6.71. The van der Waals surface area contributed by atoms with Crippen LogP contribution < -0.4 is 10.0 Å². The van der Waals surface area contributed by atoms with Gasteiger partial charge in [0.15, 0.2) is 0 Å². The van der Waals surface area contributed by atoms with E-state index in [1.54, 1.807) is 25.1 Å². The third-order valence-electron chi connectivity index (χ3n) is 6.04. The van der Waals surface area contributed by atoms with Gasteiger partial charge in [-0.15, -0.1) is 0 Å². The van der Waals surface area contributed by atoms with E-state index in [4.69, 9.17) is 0 Å². The quantitative estimate of drug-likeness (QED) is 0.344. The Morgan fingerprint density at radius 3 is 2.24 bits per heavy atom. The molecule has 1 unspecified atom stereocenters. The van der Waals surface area contributed by atoms with E-state index in [0.29, 0.717) is 16.7 Å². The SMILES string of the molecule is CC(C)c1cccc(-c2nc(C(F)(F)F)ccc2CNC(=O)C(C)c2ccc(CNS(C)(=O)=O)c(F)c2)c1. The van der Waals surface area contributed by atoms with Gasteiger partial charge >= 0.3 is 6.18 Å². The first kappa shape index (κ1) is 29.2. The number of benzene rings is 2. The van der Waals surface area contributed by atoms with Gasteiger partial charge in [-0.3, -0.25) is 4.79 Å². The van der Waals surface area contributed by atoms with Crippen molar-refractivity contribution in [3.63, 3.8) is 0 Å². The first-order valence-electron chi connectivity index (χ1n) is 11.8. The summed E-state index contributed by atoms with van der Waals surface area (Å²) in [7, 11) is -3.50. The minimum absolute atomic E-state index is 0.0889. The van der Waals surface area contributed by atoms with Crippen molar-refractivity contribution < 1.29 is 30.8 Å². The fraction of sp³-hybridized carbons (Fsp3) is 0.333. The smallest absolute Gasteiger partial charge is 0.351 e. The number of hydrogen-bond donors (Lipinski definition) is 2. The van der Waals surface area contributed by atoms with Crippen molar-refractivity contribution in [3.8, 4) is 11.3 Å². The number of aromatic nitrogens is 1. The summed E-state index contributed by atoms with van der Waals surface area (Å²) in [6, 6.07) is 13.3. The van der Waals surface area contributed by atoms with Crippen LogP contribution in [0.25, 0.3) is 11.3 Å². The normalized spacial score (nSPS) is 13.0. The average molecular weight is 552 g/mol. The molecule has 1 atom stereocenters. The van der Waals surface area contributed by atoms with Crippen molar-refractivity contribution in [2.45, 2.75) is 51.9 Å². The maximum atomic E-state index is 14.5. The number of nitrogens with zero attached hydrogens (tertiary/aromatic N) is 1. The fourth-order valence-corrected chi connectivity index (χ4v) is 4.17. The summed E-state index contributed by atoms with van der Waals surface area (Å²) in [5.74, 6) is -1.76. The average Bonchev–Trinajstić information content (AvgIpc) is 2.84. The molecule has 0 saturated carbocycles. The Labute approximate surface area is 219 Å². The molecule has 0 aliphatic carbocycles. The molecule has 3 aromatic rings. The zero-order valence-electron chi connectivity index (χ0n) is 21.4. The van der Waals surface area contributed by atoms with E-state index in [9.17, 15) is 30.8 Å². The molecule has 0 aliphatic rings. The molecule has 0 spiro atoms. The van der Waals surface area contributed by atoms with E-state index in [0.717, 1.165) is 24.0 Å². The van der Waals surface area contributed by atoms with E-state index in [1.807, 2.05) is 19.9 Å². The Morgan fingerprint density at radius 1 is 0.947 bits per heavy atom. The predicted octanol–water partition coefficient (Wildman–Crippen LogP) is 5.50. The lowest BCUT2D eigenvalue weighted by atomic mass is 9.97. The summed E-state index contributed by atoms with van der Waals surface area (Å²) in [5.41, 5.74) is 1.39. The van der Waals surface area contributed by atoms with E-state index in [2.05, 4.69) is 15.0 Å². The van der Waals surface area contributed by atoms with Gasteiger partial charge in [0.05, 0.1) is 17.9 Å². The molecule has 0 aliphatic heterocycles. The van der Waals surface area contributed by atoms with Crippen LogP contribution in [0.4, 0.5) is 17.6 Å². The highest BCUT2D eigenvalue weighted by Gasteiger charge is 2.33. The fourth-order valence-electron chi connectivity index (χ4n) is 3.76. The molecule has 0 bridgehead atoms. The van der Waals surface area contributed by atoms with Crippen molar-refractivity contribution in [2.75, 3.05) is 6.26 Å². The number of amides is 1. The maximum absolute atomic E-state index is 14.5. The van der Waals surface area contributed by atoms with Crippen molar-refractivity contribution in [1.82, 2.24) is 15.0 Å². The zero-order valence-corrected chi connectivity index (χ0v) is 22.2. The topological polar surface area (TPSA) is 88.2 Å². The lowest BCUT2D eigenvalue weighted by Crippen LogP contribution is -2.28. The van der Waals surface area contributed by atoms with E-state index in [1.165, 1.54) is 18.2 Å². The van der Waals surface area contributed by atoms with Gasteiger partial charge in [0.1, 0.15) is 11.5 Å². The Balaban J connectivity index is 1.82. The van der Waals surface area contributed by atoms with Crippen molar-refractivity contribution in [3.05, 3.63) is 88.4 Å². The minimum atomic E-state index is -4.63. The summed E-state index contributed by atoms with van der Waals surface area (Å²) in [6.45, 7) is 5.19. The van der Waals surface area contributed by atoms with Gasteiger partial charge in [0, 0.05) is 24.2 Å². The number of carbonyl (C=O) groups excluding carboxylic acids is 1. The van der Waals surface area contributed by atoms with Crippen molar-refractivity contribution in [2.24, 2.45) is 0 Å². The van der Waals surface area contributed by atoms with Crippen LogP contribution in [0.3, 0.4) is 0 Å². The number of sulfonamides is 1. The maximum Gasteiger partial charge on any atom is 0.433 e. The first-order chi connectivity index (χ1) is 17.7. The molecule has 2 N–H and O–H groups in total. The van der Waals surface area contributed by atoms with E-state index < -0.39 is 39.5 Å². The largest absolute Gasteiger partial charge is 0.433 e. The molecule has 38 heavy (non-hydrogen) atoms. The van der Waals surface area contributed by atoms with E-state index >= 15 is 0 Å². The van der Waals surface area contributed by atoms with Crippen LogP contribution in [-0.4, -0.2) is 25.6 Å². The van der Waals surface area contributed by atoms with Gasteiger partial charge in [-0.25, -0.2) is 22.5 Å². The number of halogens is 4. The van der Waals surface area contributed by atoms with Crippen LogP contribution >= 0.6 is 0 Å². The summed E-state index contributed by atoms with van der Waals surface area (Å²) in [5, 5.41) is 2.71. The van der Waals surface area contributed by atoms with Gasteiger partial charge in [0.25, 0.3) is 0 Å². The molecule has 6 nitrogen and oxygen atoms in total. The van der Waals surface area contributed by atoms with Gasteiger partial charge in [-0.2, -0.15) is 13.2 Å². The van der Waals surface area contributed by atoms with Crippen LogP contribution in [0.1, 0.15) is 60.6 Å². The second-order valence-electron chi connectivity index (χ2n) is 9.37. The molecule has 1 amide bonds.